The molecule has 0 aliphatic rings. The van der Waals surface area contributed by atoms with Gasteiger partial charge in [-0.3, -0.25) is 9.36 Å². The van der Waals surface area contributed by atoms with E-state index in [4.69, 9.17) is 4.52 Å². The predicted octanol–water partition coefficient (Wildman–Crippen LogP) is 1.08. The van der Waals surface area contributed by atoms with E-state index < -0.39 is 5.69 Å². The van der Waals surface area contributed by atoms with Gasteiger partial charge in [0.1, 0.15) is 5.76 Å². The second kappa shape index (κ2) is 4.04. The summed E-state index contributed by atoms with van der Waals surface area (Å²) in [4.78, 5) is 26.2. The van der Waals surface area contributed by atoms with Gasteiger partial charge >= 0.3 is 5.69 Å². The molecular formula is C11H13N3O3. The Morgan fingerprint density at radius 2 is 2.12 bits per heavy atom. The normalized spacial score (nSPS) is 11.1. The van der Waals surface area contributed by atoms with Gasteiger partial charge < -0.3 is 9.51 Å². The highest BCUT2D eigenvalue weighted by Crippen LogP contribution is 2.18. The topological polar surface area (TPSA) is 80.9 Å². The van der Waals surface area contributed by atoms with Crippen molar-refractivity contribution in [1.29, 1.82) is 0 Å². The highest BCUT2D eigenvalue weighted by molar-refractivity contribution is 5.58. The molecular weight excluding hydrogens is 222 g/mol. The van der Waals surface area contributed by atoms with Crippen LogP contribution in [0.4, 0.5) is 0 Å². The number of aromatic nitrogens is 3. The lowest BCUT2D eigenvalue weighted by molar-refractivity contribution is 0.398. The van der Waals surface area contributed by atoms with E-state index in [2.05, 4.69) is 10.1 Å². The van der Waals surface area contributed by atoms with Gasteiger partial charge in [0.25, 0.3) is 5.56 Å². The molecule has 6 nitrogen and oxygen atoms in total. The molecule has 0 unspecified atom stereocenters. The van der Waals surface area contributed by atoms with Crippen molar-refractivity contribution in [2.75, 3.05) is 0 Å². The van der Waals surface area contributed by atoms with Crippen molar-refractivity contribution >= 4 is 0 Å². The van der Waals surface area contributed by atoms with Gasteiger partial charge in [-0.2, -0.15) is 0 Å². The summed E-state index contributed by atoms with van der Waals surface area (Å²) in [7, 11) is 0. The van der Waals surface area contributed by atoms with Crippen molar-refractivity contribution in [3.63, 3.8) is 0 Å². The van der Waals surface area contributed by atoms with Gasteiger partial charge in [-0.25, -0.2) is 4.79 Å². The van der Waals surface area contributed by atoms with Crippen LogP contribution in [0.3, 0.4) is 0 Å². The number of hydrogen-bond donors (Lipinski definition) is 1. The van der Waals surface area contributed by atoms with Crippen LogP contribution in [0.2, 0.25) is 0 Å². The summed E-state index contributed by atoms with van der Waals surface area (Å²) < 4.78 is 6.05. The van der Waals surface area contributed by atoms with Crippen molar-refractivity contribution in [2.45, 2.75) is 26.8 Å². The molecule has 0 aliphatic heterocycles. The monoisotopic (exact) mass is 235 g/mol. The molecule has 0 aliphatic carbocycles. The zero-order chi connectivity index (χ0) is 12.6. The Labute approximate surface area is 96.9 Å². The average molecular weight is 235 g/mol. The Balaban J connectivity index is 2.66. The van der Waals surface area contributed by atoms with Crippen molar-refractivity contribution in [1.82, 2.24) is 14.7 Å². The third-order valence-corrected chi connectivity index (χ3v) is 2.52. The molecule has 2 aromatic heterocycles. The van der Waals surface area contributed by atoms with Crippen LogP contribution in [0.5, 0.6) is 0 Å². The minimum absolute atomic E-state index is 0.177. The molecule has 0 spiro atoms. The standard InChI is InChI=1S/C11H13N3O3/c1-6(2)14-10(15)4-9(13-11(14)16)8-5-12-17-7(8)3/h4-6H,1-3H3,(H,13,16). The maximum Gasteiger partial charge on any atom is 0.329 e. The summed E-state index contributed by atoms with van der Waals surface area (Å²) in [6, 6.07) is 1.20. The van der Waals surface area contributed by atoms with E-state index in [1.165, 1.54) is 12.3 Å². The van der Waals surface area contributed by atoms with E-state index in [0.717, 1.165) is 4.57 Å². The van der Waals surface area contributed by atoms with Gasteiger partial charge in [-0.1, -0.05) is 5.16 Å². The molecule has 2 rings (SSSR count). The third-order valence-electron chi connectivity index (χ3n) is 2.52. The number of rotatable bonds is 2. The minimum atomic E-state index is -0.428. The smallest absolute Gasteiger partial charge is 0.329 e. The SMILES string of the molecule is Cc1oncc1-c1cc(=O)n(C(C)C)c(=O)[nH]1. The second-order valence-corrected chi connectivity index (χ2v) is 4.09. The number of aryl methyl sites for hydroxylation is 1. The van der Waals surface area contributed by atoms with Gasteiger partial charge in [-0.05, 0) is 20.8 Å². The van der Waals surface area contributed by atoms with Crippen LogP contribution in [0.1, 0.15) is 25.6 Å². The zero-order valence-electron chi connectivity index (χ0n) is 9.85. The number of hydrogen-bond acceptors (Lipinski definition) is 4. The molecule has 2 aromatic rings. The van der Waals surface area contributed by atoms with Crippen LogP contribution in [0.15, 0.2) is 26.4 Å². The lowest BCUT2D eigenvalue weighted by Crippen LogP contribution is -2.36. The molecule has 0 fully saturated rings. The van der Waals surface area contributed by atoms with E-state index in [1.54, 1.807) is 20.8 Å². The highest BCUT2D eigenvalue weighted by atomic mass is 16.5. The van der Waals surface area contributed by atoms with Gasteiger partial charge in [0.2, 0.25) is 0 Å². The first-order chi connectivity index (χ1) is 8.00. The number of aromatic amines is 1. The largest absolute Gasteiger partial charge is 0.361 e. The Hall–Kier alpha value is -2.11. The van der Waals surface area contributed by atoms with E-state index in [0.29, 0.717) is 17.0 Å². The summed E-state index contributed by atoms with van der Waals surface area (Å²) in [5.74, 6) is 0.558. The molecule has 0 amide bonds. The predicted molar refractivity (Wildman–Crippen MR) is 61.9 cm³/mol. The summed E-state index contributed by atoms with van der Waals surface area (Å²) >= 11 is 0. The molecule has 0 bridgehead atoms. The number of nitrogens with zero attached hydrogens (tertiary/aromatic N) is 2. The van der Waals surface area contributed by atoms with Crippen LogP contribution in [0.25, 0.3) is 11.3 Å². The average Bonchev–Trinajstić information content (AvgIpc) is 2.62. The third kappa shape index (κ3) is 1.93. The molecule has 0 saturated carbocycles. The lowest BCUT2D eigenvalue weighted by atomic mass is 10.2. The van der Waals surface area contributed by atoms with Gasteiger partial charge in [-0.15, -0.1) is 0 Å². The first-order valence-electron chi connectivity index (χ1n) is 5.28. The quantitative estimate of drug-likeness (QED) is 0.844. The van der Waals surface area contributed by atoms with Crippen molar-refractivity contribution in [3.8, 4) is 11.3 Å². The van der Waals surface area contributed by atoms with Gasteiger partial charge in [0, 0.05) is 12.1 Å². The summed E-state index contributed by atoms with van der Waals surface area (Å²) in [5, 5.41) is 3.61. The Kier molecular flexibility index (Phi) is 2.71. The fourth-order valence-electron chi connectivity index (χ4n) is 1.70. The van der Waals surface area contributed by atoms with Crippen LogP contribution >= 0.6 is 0 Å². The van der Waals surface area contributed by atoms with Crippen LogP contribution in [-0.4, -0.2) is 14.7 Å². The second-order valence-electron chi connectivity index (χ2n) is 4.09. The van der Waals surface area contributed by atoms with Crippen LogP contribution in [0, 0.1) is 6.92 Å². The van der Waals surface area contributed by atoms with E-state index >= 15 is 0 Å². The minimum Gasteiger partial charge on any atom is -0.361 e. The summed E-state index contributed by atoms with van der Waals surface area (Å²) in [5.41, 5.74) is 0.285. The van der Waals surface area contributed by atoms with Crippen molar-refractivity contribution in [2.24, 2.45) is 0 Å². The number of H-pyrrole nitrogens is 1. The molecule has 6 heteroatoms. The molecule has 0 radical (unpaired) electrons. The van der Waals surface area contributed by atoms with Gasteiger partial charge in [0.05, 0.1) is 17.5 Å². The Bertz CT molecular complexity index is 617. The van der Waals surface area contributed by atoms with E-state index in [1.807, 2.05) is 0 Å². The molecule has 90 valence electrons. The maximum atomic E-state index is 11.8. The van der Waals surface area contributed by atoms with Crippen molar-refractivity contribution in [3.05, 3.63) is 38.9 Å². The Morgan fingerprint density at radius 3 is 2.59 bits per heavy atom. The van der Waals surface area contributed by atoms with Crippen LogP contribution in [-0.2, 0) is 0 Å². The molecule has 2 heterocycles. The first-order valence-corrected chi connectivity index (χ1v) is 5.28. The Morgan fingerprint density at radius 1 is 1.41 bits per heavy atom. The van der Waals surface area contributed by atoms with E-state index in [-0.39, 0.29) is 11.6 Å². The maximum absolute atomic E-state index is 11.8. The van der Waals surface area contributed by atoms with Crippen molar-refractivity contribution < 1.29 is 4.52 Å². The molecule has 0 aromatic carbocycles. The summed E-state index contributed by atoms with van der Waals surface area (Å²) in [6.45, 7) is 5.27. The zero-order valence-corrected chi connectivity index (χ0v) is 9.85. The highest BCUT2D eigenvalue weighted by Gasteiger charge is 2.12. The molecule has 0 saturated heterocycles. The van der Waals surface area contributed by atoms with Gasteiger partial charge in [0.15, 0.2) is 0 Å². The fraction of sp³-hybridized carbons (Fsp3) is 0.364. The van der Waals surface area contributed by atoms with Crippen LogP contribution < -0.4 is 11.2 Å². The molecule has 0 atom stereocenters. The fourth-order valence-corrected chi connectivity index (χ4v) is 1.70. The molecule has 1 N–H and O–H groups in total. The molecule has 17 heavy (non-hydrogen) atoms. The van der Waals surface area contributed by atoms with E-state index in [9.17, 15) is 9.59 Å². The summed E-state index contributed by atoms with van der Waals surface area (Å²) in [6.07, 6.45) is 1.47. The first kappa shape index (κ1) is 11.4. The number of nitrogens with one attached hydrogen (secondary N) is 1. The lowest BCUT2D eigenvalue weighted by Gasteiger charge is -2.08.